The first-order chi connectivity index (χ1) is 10.5. The summed E-state index contributed by atoms with van der Waals surface area (Å²) in [5.41, 5.74) is 0.567. The lowest BCUT2D eigenvalue weighted by Gasteiger charge is -2.14. The number of hydrogen-bond donors (Lipinski definition) is 1. The number of carbonyl (C=O) groups is 2. The van der Waals surface area contributed by atoms with Crippen LogP contribution in [0.25, 0.3) is 0 Å². The third kappa shape index (κ3) is 3.62. The van der Waals surface area contributed by atoms with E-state index in [2.05, 4.69) is 0 Å². The minimum atomic E-state index is -1.65. The maximum atomic E-state index is 12.5. The van der Waals surface area contributed by atoms with Crippen LogP contribution in [0, 0.1) is 0 Å². The van der Waals surface area contributed by atoms with Crippen molar-refractivity contribution in [2.45, 2.75) is 11.0 Å². The van der Waals surface area contributed by atoms with Gasteiger partial charge in [0.25, 0.3) is 0 Å². The van der Waals surface area contributed by atoms with Crippen LogP contribution in [0.15, 0.2) is 46.9 Å². The van der Waals surface area contributed by atoms with Crippen LogP contribution in [0.3, 0.4) is 0 Å². The second-order valence-corrected chi connectivity index (χ2v) is 5.93. The van der Waals surface area contributed by atoms with Crippen LogP contribution in [0.1, 0.15) is 27.1 Å². The Bertz CT molecular complexity index is 691. The molecule has 1 heterocycles. The summed E-state index contributed by atoms with van der Waals surface area (Å²) in [6.45, 7) is 0. The number of carboxylic acid groups (broad SMARTS) is 1. The fourth-order valence-electron chi connectivity index (χ4n) is 1.92. The second kappa shape index (κ2) is 7.04. The van der Waals surface area contributed by atoms with Crippen LogP contribution in [0.4, 0.5) is 0 Å². The van der Waals surface area contributed by atoms with Crippen LogP contribution in [0.5, 0.6) is 0 Å². The zero-order chi connectivity index (χ0) is 16.1. The average molecular weight is 322 g/mol. The van der Waals surface area contributed by atoms with Crippen molar-refractivity contribution >= 4 is 22.7 Å². The van der Waals surface area contributed by atoms with E-state index in [1.165, 1.54) is 19.2 Å². The van der Waals surface area contributed by atoms with E-state index in [9.17, 15) is 13.8 Å². The highest BCUT2D eigenvalue weighted by molar-refractivity contribution is 7.85. The number of esters is 1. The summed E-state index contributed by atoms with van der Waals surface area (Å²) < 4.78 is 22.3. The van der Waals surface area contributed by atoms with Gasteiger partial charge in [-0.05, 0) is 17.7 Å². The normalized spacial score (nSPS) is 13.3. The van der Waals surface area contributed by atoms with Crippen molar-refractivity contribution in [2.75, 3.05) is 7.11 Å². The van der Waals surface area contributed by atoms with Gasteiger partial charge in [-0.25, -0.2) is 4.79 Å². The lowest BCUT2D eigenvalue weighted by Crippen LogP contribution is -2.20. The summed E-state index contributed by atoms with van der Waals surface area (Å²) in [5.74, 6) is -1.90. The maximum absolute atomic E-state index is 12.5. The van der Waals surface area contributed by atoms with E-state index in [4.69, 9.17) is 14.3 Å². The van der Waals surface area contributed by atoms with Gasteiger partial charge in [0, 0.05) is 10.8 Å². The Morgan fingerprint density at radius 3 is 2.45 bits per heavy atom. The number of aromatic carboxylic acids is 1. The molecular formula is C15H14O6S. The molecule has 0 saturated heterocycles. The number of methoxy groups -OCH3 is 1. The molecule has 0 bridgehead atoms. The Hall–Kier alpha value is -2.41. The monoisotopic (exact) mass is 322 g/mol. The van der Waals surface area contributed by atoms with Crippen LogP contribution in [-0.4, -0.2) is 28.4 Å². The molecule has 0 aliphatic heterocycles. The number of ether oxygens (including phenoxy) is 1. The highest BCUT2D eigenvalue weighted by Crippen LogP contribution is 2.24. The van der Waals surface area contributed by atoms with Gasteiger partial charge < -0.3 is 14.3 Å². The van der Waals surface area contributed by atoms with Crippen LogP contribution < -0.4 is 0 Å². The Morgan fingerprint density at radius 1 is 1.23 bits per heavy atom. The quantitative estimate of drug-likeness (QED) is 0.819. The number of carbonyl (C=O) groups excluding carboxylic acids is 1. The maximum Gasteiger partial charge on any atom is 0.371 e. The highest BCUT2D eigenvalue weighted by Gasteiger charge is 2.29. The van der Waals surface area contributed by atoms with E-state index in [-0.39, 0.29) is 17.3 Å². The van der Waals surface area contributed by atoms with E-state index < -0.39 is 28.0 Å². The first kappa shape index (κ1) is 16.0. The molecule has 0 amide bonds. The third-order valence-corrected chi connectivity index (χ3v) is 4.50. The third-order valence-electron chi connectivity index (χ3n) is 2.94. The van der Waals surface area contributed by atoms with Crippen molar-refractivity contribution < 1.29 is 28.1 Å². The van der Waals surface area contributed by atoms with Gasteiger partial charge in [0.05, 0.1) is 12.9 Å². The molecule has 0 aliphatic carbocycles. The average Bonchev–Trinajstić information content (AvgIpc) is 2.97. The van der Waals surface area contributed by atoms with Crippen LogP contribution in [-0.2, 0) is 26.1 Å². The summed E-state index contributed by atoms with van der Waals surface area (Å²) in [6.07, 6.45) is 0. The van der Waals surface area contributed by atoms with E-state index >= 15 is 0 Å². The smallest absolute Gasteiger partial charge is 0.371 e. The number of furan rings is 1. The molecule has 116 valence electrons. The van der Waals surface area contributed by atoms with Crippen molar-refractivity contribution in [1.82, 2.24) is 0 Å². The van der Waals surface area contributed by atoms with Crippen molar-refractivity contribution in [3.63, 3.8) is 0 Å². The standard InChI is InChI=1S/C15H14O6S/c1-20-15(18)13(10-5-3-2-4-6-10)22(19)9-11-7-8-12(21-11)14(16)17/h2-8,13H,9H2,1H3,(H,16,17). The number of rotatable bonds is 6. The van der Waals surface area contributed by atoms with Gasteiger partial charge in [0.15, 0.2) is 5.25 Å². The molecule has 1 aromatic heterocycles. The largest absolute Gasteiger partial charge is 0.475 e. The Kier molecular flexibility index (Phi) is 5.11. The number of hydrogen-bond acceptors (Lipinski definition) is 5. The van der Waals surface area contributed by atoms with Crippen molar-refractivity contribution in [1.29, 1.82) is 0 Å². The molecule has 2 atom stereocenters. The zero-order valence-electron chi connectivity index (χ0n) is 11.7. The Balaban J connectivity index is 2.22. The highest BCUT2D eigenvalue weighted by atomic mass is 32.2. The van der Waals surface area contributed by atoms with E-state index in [0.29, 0.717) is 5.56 Å². The molecule has 7 heteroatoms. The molecule has 22 heavy (non-hydrogen) atoms. The van der Waals surface area contributed by atoms with Gasteiger partial charge in [-0.2, -0.15) is 0 Å². The predicted octanol–water partition coefficient (Wildman–Crippen LogP) is 2.14. The lowest BCUT2D eigenvalue weighted by atomic mass is 10.1. The minimum Gasteiger partial charge on any atom is -0.475 e. The number of carboxylic acids is 1. The Labute approximate surface area is 129 Å². The summed E-state index contributed by atoms with van der Waals surface area (Å²) in [7, 11) is -0.424. The number of benzene rings is 1. The first-order valence-corrected chi connectivity index (χ1v) is 7.73. The molecule has 0 saturated carbocycles. The minimum absolute atomic E-state index is 0.0814. The molecule has 2 aromatic rings. The van der Waals surface area contributed by atoms with Crippen LogP contribution >= 0.6 is 0 Å². The van der Waals surface area contributed by atoms with Crippen molar-refractivity contribution in [2.24, 2.45) is 0 Å². The molecule has 2 unspecified atom stereocenters. The summed E-state index contributed by atoms with van der Waals surface area (Å²) in [6, 6.07) is 11.3. The van der Waals surface area contributed by atoms with Crippen LogP contribution in [0.2, 0.25) is 0 Å². The first-order valence-electron chi connectivity index (χ1n) is 6.35. The van der Waals surface area contributed by atoms with E-state index in [0.717, 1.165) is 0 Å². The molecule has 0 fully saturated rings. The fraction of sp³-hybridized carbons (Fsp3) is 0.200. The molecule has 2 rings (SSSR count). The SMILES string of the molecule is COC(=O)C(c1ccccc1)S(=O)Cc1ccc(C(=O)O)o1. The van der Waals surface area contributed by atoms with E-state index in [1.807, 2.05) is 0 Å². The zero-order valence-corrected chi connectivity index (χ0v) is 12.5. The van der Waals surface area contributed by atoms with E-state index in [1.54, 1.807) is 30.3 Å². The van der Waals surface area contributed by atoms with Gasteiger partial charge in [-0.15, -0.1) is 0 Å². The molecule has 1 aromatic carbocycles. The molecule has 0 spiro atoms. The van der Waals surface area contributed by atoms with Gasteiger partial charge in [0.2, 0.25) is 5.76 Å². The van der Waals surface area contributed by atoms with Gasteiger partial charge >= 0.3 is 11.9 Å². The topological polar surface area (TPSA) is 93.8 Å². The molecule has 0 aliphatic rings. The van der Waals surface area contributed by atoms with Gasteiger partial charge in [-0.1, -0.05) is 30.3 Å². The fourth-order valence-corrected chi connectivity index (χ4v) is 3.30. The lowest BCUT2D eigenvalue weighted by molar-refractivity contribution is -0.140. The summed E-state index contributed by atoms with van der Waals surface area (Å²) in [4.78, 5) is 22.7. The summed E-state index contributed by atoms with van der Waals surface area (Å²) >= 11 is 0. The van der Waals surface area contributed by atoms with Gasteiger partial charge in [-0.3, -0.25) is 9.00 Å². The molecule has 6 nitrogen and oxygen atoms in total. The molecular weight excluding hydrogens is 308 g/mol. The van der Waals surface area contributed by atoms with Crippen molar-refractivity contribution in [3.05, 3.63) is 59.5 Å². The Morgan fingerprint density at radius 2 is 1.91 bits per heavy atom. The van der Waals surface area contributed by atoms with Gasteiger partial charge in [0.1, 0.15) is 5.76 Å². The predicted molar refractivity (Wildman–Crippen MR) is 78.7 cm³/mol. The summed E-state index contributed by atoms with van der Waals surface area (Å²) in [5, 5.41) is 7.85. The second-order valence-electron chi connectivity index (χ2n) is 4.41. The molecule has 0 radical (unpaired) electrons. The van der Waals surface area contributed by atoms with Crippen molar-refractivity contribution in [3.8, 4) is 0 Å². The molecule has 1 N–H and O–H groups in total.